The molecule has 1 amide bonds. The fourth-order valence-corrected chi connectivity index (χ4v) is 3.63. The van der Waals surface area contributed by atoms with E-state index in [4.69, 9.17) is 4.74 Å². The van der Waals surface area contributed by atoms with Gasteiger partial charge in [0.15, 0.2) is 0 Å². The van der Waals surface area contributed by atoms with Gasteiger partial charge in [-0.15, -0.1) is 0 Å². The fraction of sp³-hybridized carbons (Fsp3) is 0.273. The van der Waals surface area contributed by atoms with Gasteiger partial charge in [0.25, 0.3) is 17.4 Å². The Balaban J connectivity index is 2.17. The van der Waals surface area contributed by atoms with Gasteiger partial charge >= 0.3 is 0 Å². The number of ether oxygens (including phenoxy) is 1. The molecule has 8 heteroatoms. The van der Waals surface area contributed by atoms with Gasteiger partial charge in [0.05, 0.1) is 16.5 Å². The Morgan fingerprint density at radius 3 is 2.60 bits per heavy atom. The van der Waals surface area contributed by atoms with Crippen LogP contribution in [-0.4, -0.2) is 46.9 Å². The lowest BCUT2D eigenvalue weighted by Gasteiger charge is -2.26. The number of amides is 1. The monoisotopic (exact) mass is 410 g/mol. The molecule has 1 heterocycles. The molecule has 2 aromatic rings. The number of rotatable bonds is 7. The van der Waals surface area contributed by atoms with Crippen molar-refractivity contribution >= 4 is 23.1 Å². The predicted molar refractivity (Wildman–Crippen MR) is 110 cm³/mol. The van der Waals surface area contributed by atoms with Crippen molar-refractivity contribution in [1.82, 2.24) is 4.90 Å². The van der Waals surface area contributed by atoms with Gasteiger partial charge in [-0.2, -0.15) is 0 Å². The largest absolute Gasteiger partial charge is 0.507 e. The molecule has 1 unspecified atom stereocenters. The number of aliphatic hydroxyl groups is 1. The van der Waals surface area contributed by atoms with Gasteiger partial charge in [0.2, 0.25) is 0 Å². The van der Waals surface area contributed by atoms with E-state index in [2.05, 4.69) is 0 Å². The minimum absolute atomic E-state index is 0.0767. The van der Waals surface area contributed by atoms with E-state index in [1.807, 2.05) is 19.1 Å². The third-order valence-corrected chi connectivity index (χ3v) is 5.10. The molecule has 30 heavy (non-hydrogen) atoms. The number of likely N-dealkylation sites (tertiary alicyclic amines) is 1. The topological polar surface area (TPSA) is 110 Å². The number of Topliss-reactive ketones (excluding diaryl/α,β-unsaturated/α-hetero) is 1. The van der Waals surface area contributed by atoms with Crippen LogP contribution in [0.3, 0.4) is 0 Å². The lowest BCUT2D eigenvalue weighted by molar-refractivity contribution is -0.384. The molecule has 0 radical (unpaired) electrons. The molecule has 156 valence electrons. The SMILES string of the molecule is COCCCN1C(=O)C(=O)/C(=C(/O)c2cccc([N+](=O)[O-])c2)C1c1ccccc1C. The molecule has 0 aliphatic carbocycles. The zero-order valence-electron chi connectivity index (χ0n) is 16.7. The molecule has 2 aromatic carbocycles. The van der Waals surface area contributed by atoms with E-state index in [0.29, 0.717) is 18.6 Å². The Morgan fingerprint density at radius 1 is 1.20 bits per heavy atom. The molecule has 1 saturated heterocycles. The normalized spacial score (nSPS) is 18.1. The van der Waals surface area contributed by atoms with Crippen molar-refractivity contribution in [2.24, 2.45) is 0 Å². The summed E-state index contributed by atoms with van der Waals surface area (Å²) in [4.78, 5) is 37.6. The van der Waals surface area contributed by atoms with Crippen molar-refractivity contribution in [3.63, 3.8) is 0 Å². The molecule has 1 aliphatic rings. The fourth-order valence-electron chi connectivity index (χ4n) is 3.63. The van der Waals surface area contributed by atoms with Gasteiger partial charge in [0, 0.05) is 38.0 Å². The molecule has 8 nitrogen and oxygen atoms in total. The molecular formula is C22H22N2O6. The first-order valence-electron chi connectivity index (χ1n) is 9.44. The number of carbonyl (C=O) groups is 2. The summed E-state index contributed by atoms with van der Waals surface area (Å²) in [6.07, 6.45) is 0.517. The molecule has 1 N–H and O–H groups in total. The van der Waals surface area contributed by atoms with Crippen LogP contribution in [0.4, 0.5) is 5.69 Å². The average Bonchev–Trinajstić information content (AvgIpc) is 2.98. The maximum absolute atomic E-state index is 12.9. The molecule has 0 bridgehead atoms. The molecular weight excluding hydrogens is 388 g/mol. The Morgan fingerprint density at radius 2 is 1.93 bits per heavy atom. The summed E-state index contributed by atoms with van der Waals surface area (Å²) in [5.41, 5.74) is 1.37. The lowest BCUT2D eigenvalue weighted by Crippen LogP contribution is -2.31. The van der Waals surface area contributed by atoms with Crippen LogP contribution in [0.15, 0.2) is 54.1 Å². The van der Waals surface area contributed by atoms with Crippen LogP contribution in [0, 0.1) is 17.0 Å². The number of carbonyl (C=O) groups excluding carboxylic acids is 2. The maximum Gasteiger partial charge on any atom is 0.295 e. The Hall–Kier alpha value is -3.52. The van der Waals surface area contributed by atoms with Crippen molar-refractivity contribution in [1.29, 1.82) is 0 Å². The van der Waals surface area contributed by atoms with Crippen LogP contribution >= 0.6 is 0 Å². The van der Waals surface area contributed by atoms with Crippen molar-refractivity contribution in [3.8, 4) is 0 Å². The number of hydrogen-bond acceptors (Lipinski definition) is 6. The first-order valence-corrected chi connectivity index (χ1v) is 9.44. The molecule has 0 saturated carbocycles. The van der Waals surface area contributed by atoms with Crippen LogP contribution in [-0.2, 0) is 14.3 Å². The second kappa shape index (κ2) is 8.87. The second-order valence-corrected chi connectivity index (χ2v) is 7.00. The molecule has 1 aliphatic heterocycles. The van der Waals surface area contributed by atoms with E-state index in [-0.39, 0.29) is 23.4 Å². The van der Waals surface area contributed by atoms with E-state index in [1.54, 1.807) is 19.2 Å². The number of nitrogens with zero attached hydrogens (tertiary/aromatic N) is 2. The van der Waals surface area contributed by atoms with Crippen LogP contribution in [0.2, 0.25) is 0 Å². The highest BCUT2D eigenvalue weighted by Gasteiger charge is 2.46. The highest BCUT2D eigenvalue weighted by atomic mass is 16.6. The minimum atomic E-state index is -0.815. The maximum atomic E-state index is 12.9. The van der Waals surface area contributed by atoms with E-state index in [0.717, 1.165) is 5.56 Å². The molecule has 1 fully saturated rings. The average molecular weight is 410 g/mol. The zero-order valence-corrected chi connectivity index (χ0v) is 16.7. The van der Waals surface area contributed by atoms with Gasteiger partial charge in [-0.1, -0.05) is 36.4 Å². The highest BCUT2D eigenvalue weighted by Crippen LogP contribution is 2.40. The number of benzene rings is 2. The number of aryl methyl sites for hydroxylation is 1. The Labute approximate surface area is 173 Å². The summed E-state index contributed by atoms with van der Waals surface area (Å²) >= 11 is 0. The van der Waals surface area contributed by atoms with E-state index < -0.39 is 28.4 Å². The molecule has 3 rings (SSSR count). The van der Waals surface area contributed by atoms with Crippen LogP contribution < -0.4 is 0 Å². The summed E-state index contributed by atoms with van der Waals surface area (Å²) in [6, 6.07) is 11.9. The van der Waals surface area contributed by atoms with Gasteiger partial charge in [-0.3, -0.25) is 19.7 Å². The summed E-state index contributed by atoms with van der Waals surface area (Å²) in [5.74, 6) is -1.96. The third kappa shape index (κ3) is 3.95. The first kappa shape index (κ1) is 21.2. The predicted octanol–water partition coefficient (Wildman–Crippen LogP) is 3.36. The number of aliphatic hydroxyl groups excluding tert-OH is 1. The molecule has 0 aromatic heterocycles. The molecule has 0 spiro atoms. The Bertz CT molecular complexity index is 1030. The van der Waals surface area contributed by atoms with E-state index in [1.165, 1.54) is 29.2 Å². The standard InChI is InChI=1S/C22H22N2O6/c1-14-7-3-4-10-17(14)19-18(21(26)22(27)23(19)11-6-12-30-2)20(25)15-8-5-9-16(13-15)24(28)29/h3-5,7-10,13,19,25H,6,11-12H2,1-2H3/b20-18+. The van der Waals surface area contributed by atoms with Gasteiger partial charge in [-0.25, -0.2) is 0 Å². The van der Waals surface area contributed by atoms with Crippen molar-refractivity contribution in [2.75, 3.05) is 20.3 Å². The van der Waals surface area contributed by atoms with Crippen molar-refractivity contribution in [2.45, 2.75) is 19.4 Å². The number of nitro groups is 1. The highest BCUT2D eigenvalue weighted by molar-refractivity contribution is 6.46. The van der Waals surface area contributed by atoms with Gasteiger partial charge in [0.1, 0.15) is 5.76 Å². The van der Waals surface area contributed by atoms with Crippen molar-refractivity contribution in [3.05, 3.63) is 80.9 Å². The summed E-state index contributed by atoms with van der Waals surface area (Å²) in [6.45, 7) is 2.54. The smallest absolute Gasteiger partial charge is 0.295 e. The van der Waals surface area contributed by atoms with Gasteiger partial charge in [-0.05, 0) is 24.5 Å². The number of nitro benzene ring substituents is 1. The minimum Gasteiger partial charge on any atom is -0.507 e. The number of methoxy groups -OCH3 is 1. The van der Waals surface area contributed by atoms with Gasteiger partial charge < -0.3 is 14.7 Å². The summed E-state index contributed by atoms with van der Waals surface area (Å²) < 4.78 is 5.06. The van der Waals surface area contributed by atoms with Crippen LogP contribution in [0.1, 0.15) is 29.2 Å². The quantitative estimate of drug-likeness (QED) is 0.187. The number of non-ortho nitro benzene ring substituents is 1. The van der Waals surface area contributed by atoms with E-state index >= 15 is 0 Å². The first-order chi connectivity index (χ1) is 14.4. The zero-order chi connectivity index (χ0) is 21.8. The van der Waals surface area contributed by atoms with Crippen LogP contribution in [0.5, 0.6) is 0 Å². The summed E-state index contributed by atoms with van der Waals surface area (Å²) in [5, 5.41) is 22.1. The second-order valence-electron chi connectivity index (χ2n) is 7.00. The summed E-state index contributed by atoms with van der Waals surface area (Å²) in [7, 11) is 1.55. The van der Waals surface area contributed by atoms with Crippen LogP contribution in [0.25, 0.3) is 5.76 Å². The number of ketones is 1. The molecule has 1 atom stereocenters. The third-order valence-electron chi connectivity index (χ3n) is 5.10. The number of hydrogen-bond donors (Lipinski definition) is 1. The van der Waals surface area contributed by atoms with E-state index in [9.17, 15) is 24.8 Å². The Kier molecular flexibility index (Phi) is 6.27. The van der Waals surface area contributed by atoms with Crippen molar-refractivity contribution < 1.29 is 24.4 Å². The lowest BCUT2D eigenvalue weighted by atomic mass is 9.92.